The molecule has 0 aliphatic heterocycles. The lowest BCUT2D eigenvalue weighted by Crippen LogP contribution is -2.11. The number of nitrogens with zero attached hydrogens (tertiary/aromatic N) is 7. The average molecular weight is 417 g/mol. The van der Waals surface area contributed by atoms with Gasteiger partial charge >= 0.3 is 23.5 Å². The van der Waals surface area contributed by atoms with E-state index in [-0.39, 0.29) is 11.2 Å². The van der Waals surface area contributed by atoms with Gasteiger partial charge in [0, 0.05) is 4.91 Å². The van der Waals surface area contributed by atoms with Gasteiger partial charge < -0.3 is 19.3 Å². The van der Waals surface area contributed by atoms with E-state index >= 15 is 0 Å². The summed E-state index contributed by atoms with van der Waals surface area (Å²) in [6.07, 6.45) is 3.16. The highest BCUT2D eigenvalue weighted by Crippen LogP contribution is 2.67. The summed E-state index contributed by atoms with van der Waals surface area (Å²) in [5.41, 5.74) is 8.22. The number of hydrogen-bond donors (Lipinski definition) is 3. The van der Waals surface area contributed by atoms with Crippen LogP contribution in [0, 0.1) is 0 Å². The molecule has 0 aliphatic carbocycles. The molecule has 0 saturated carbocycles. The van der Waals surface area contributed by atoms with Gasteiger partial charge in [-0.15, -0.1) is 4.73 Å². The van der Waals surface area contributed by atoms with Crippen molar-refractivity contribution >= 4 is 34.6 Å². The molecule has 3 N–H and O–H groups in total. The Morgan fingerprint density at radius 3 is 2.56 bits per heavy atom. The molecule has 2 aromatic heterocycles. The topological polar surface area (TPSA) is 241 Å². The fraction of sp³-hybridized carbons (Fsp3) is 0. The summed E-state index contributed by atoms with van der Waals surface area (Å²) in [4.78, 5) is 39.4. The zero-order valence-corrected chi connectivity index (χ0v) is 14.1. The van der Waals surface area contributed by atoms with E-state index < -0.39 is 23.5 Å². The number of hydrogen-bond acceptors (Lipinski definition) is 11. The molecule has 136 valence electrons. The Morgan fingerprint density at radius 2 is 1.92 bits per heavy atom. The molecule has 2 heterocycles. The molecule has 0 spiro atoms. The van der Waals surface area contributed by atoms with Gasteiger partial charge in [0.25, 0.3) is 0 Å². The van der Waals surface area contributed by atoms with Gasteiger partial charge in [0.1, 0.15) is 23.4 Å². The molecule has 0 bridgehead atoms. The van der Waals surface area contributed by atoms with Crippen LogP contribution in [-0.2, 0) is 26.9 Å². The summed E-state index contributed by atoms with van der Waals surface area (Å²) >= 11 is 0. The molecule has 2 atom stereocenters. The van der Waals surface area contributed by atoms with Gasteiger partial charge in [-0.05, 0) is 5.53 Å². The SMILES string of the molecule is [N-]=[N+]=NOP(=O)(On1cnc2cncnc21)OP(=O)(O)OP(=O)(O)O. The van der Waals surface area contributed by atoms with Gasteiger partial charge in [-0.2, -0.15) is 8.62 Å². The van der Waals surface area contributed by atoms with Crippen molar-refractivity contribution in [3.05, 3.63) is 29.3 Å². The van der Waals surface area contributed by atoms with E-state index in [1.165, 1.54) is 6.20 Å². The molecule has 25 heavy (non-hydrogen) atoms. The first kappa shape index (κ1) is 19.3. The van der Waals surface area contributed by atoms with Crippen LogP contribution in [0.1, 0.15) is 0 Å². The van der Waals surface area contributed by atoms with Crippen LogP contribution in [-0.4, -0.2) is 34.4 Å². The molecule has 17 nitrogen and oxygen atoms in total. The van der Waals surface area contributed by atoms with Crippen molar-refractivity contribution in [3.63, 3.8) is 0 Å². The van der Waals surface area contributed by atoms with E-state index in [0.29, 0.717) is 4.73 Å². The van der Waals surface area contributed by atoms with Gasteiger partial charge in [0.05, 0.1) is 6.20 Å². The highest BCUT2D eigenvalue weighted by Gasteiger charge is 2.45. The first-order valence-electron chi connectivity index (χ1n) is 5.51. The van der Waals surface area contributed by atoms with E-state index in [1.807, 2.05) is 0 Å². The Hall–Kier alpha value is -2.05. The number of imidazole rings is 1. The van der Waals surface area contributed by atoms with Crippen LogP contribution in [0.25, 0.3) is 21.6 Å². The maximum absolute atomic E-state index is 12.3. The van der Waals surface area contributed by atoms with Crippen LogP contribution in [0.15, 0.2) is 24.1 Å². The Labute approximate surface area is 136 Å². The number of rotatable bonds is 8. The number of fused-ring (bicyclic) bond motifs is 1. The number of aromatic nitrogens is 4. The second-order valence-corrected chi connectivity index (χ2v) is 8.15. The summed E-state index contributed by atoms with van der Waals surface area (Å²) in [5, 5.41) is 2.40. The van der Waals surface area contributed by atoms with E-state index in [2.05, 4.69) is 43.0 Å². The molecule has 0 radical (unpaired) electrons. The first-order valence-corrected chi connectivity index (χ1v) is 10.00. The predicted octanol–water partition coefficient (Wildman–Crippen LogP) is 0.831. The third-order valence-corrected chi connectivity index (χ3v) is 5.91. The molecule has 20 heteroatoms. The van der Waals surface area contributed by atoms with Crippen LogP contribution < -0.4 is 4.62 Å². The monoisotopic (exact) mass is 417 g/mol. The zero-order chi connectivity index (χ0) is 18.7. The van der Waals surface area contributed by atoms with Gasteiger partial charge in [0.15, 0.2) is 5.65 Å². The number of azide groups is 1. The molecule has 2 rings (SSSR count). The lowest BCUT2D eigenvalue weighted by molar-refractivity contribution is 0.132. The molecule has 0 aliphatic rings. The Morgan fingerprint density at radius 1 is 1.20 bits per heavy atom. The second-order valence-electron chi connectivity index (χ2n) is 3.71. The van der Waals surface area contributed by atoms with Gasteiger partial charge in [0.2, 0.25) is 0 Å². The molecule has 0 fully saturated rings. The van der Waals surface area contributed by atoms with Crippen molar-refractivity contribution in [1.82, 2.24) is 19.7 Å². The van der Waals surface area contributed by atoms with Gasteiger partial charge in [-0.3, -0.25) is 4.62 Å². The smallest absolute Gasteiger partial charge is 0.325 e. The minimum atomic E-state index is -5.68. The first-order chi connectivity index (χ1) is 11.5. The van der Waals surface area contributed by atoms with Crippen LogP contribution >= 0.6 is 23.5 Å². The molecule has 2 unspecified atom stereocenters. The van der Waals surface area contributed by atoms with Gasteiger partial charge in [-0.1, -0.05) is 0 Å². The standard InChI is InChI=1S/C5H6N7O10P3/c6-10-11-19-25(18,22-24(16,17)21-23(13,14)15)20-12-3-9-4-1-7-2-8-5(4)12/h1-3H,(H,16,17)(H2,13,14,15). The van der Waals surface area contributed by atoms with Crippen molar-refractivity contribution in [3.8, 4) is 0 Å². The van der Waals surface area contributed by atoms with Crippen molar-refractivity contribution in [1.29, 1.82) is 0 Å². The number of phosphoric acid groups is 3. The quantitative estimate of drug-likeness (QED) is 0.177. The normalized spacial score (nSPS) is 16.4. The van der Waals surface area contributed by atoms with Crippen LogP contribution in [0.5, 0.6) is 0 Å². The Bertz CT molecular complexity index is 963. The largest absolute Gasteiger partial charge is 0.622 e. The Balaban J connectivity index is 2.34. The van der Waals surface area contributed by atoms with Crippen LogP contribution in [0.3, 0.4) is 0 Å². The summed E-state index contributed by atoms with van der Waals surface area (Å²) in [6.45, 7) is 0. The lowest BCUT2D eigenvalue weighted by Gasteiger charge is -2.18. The van der Waals surface area contributed by atoms with E-state index in [0.717, 1.165) is 12.7 Å². The lowest BCUT2D eigenvalue weighted by atomic mass is 10.6. The molecule has 2 aromatic rings. The summed E-state index contributed by atoms with van der Waals surface area (Å²) in [7, 11) is -16.5. The van der Waals surface area contributed by atoms with Gasteiger partial charge in [-0.25, -0.2) is 28.6 Å². The maximum Gasteiger partial charge on any atom is 0.622 e. The minimum Gasteiger partial charge on any atom is -0.325 e. The second kappa shape index (κ2) is 7.06. The predicted molar refractivity (Wildman–Crippen MR) is 73.8 cm³/mol. The summed E-state index contributed by atoms with van der Waals surface area (Å²) in [6, 6.07) is 0. The van der Waals surface area contributed by atoms with Crippen molar-refractivity contribution in [2.24, 2.45) is 5.28 Å². The molecule has 0 aromatic carbocycles. The summed E-state index contributed by atoms with van der Waals surface area (Å²) < 4.78 is 51.0. The zero-order valence-electron chi connectivity index (χ0n) is 11.4. The fourth-order valence-electron chi connectivity index (χ4n) is 1.29. The van der Waals surface area contributed by atoms with Crippen molar-refractivity contribution in [2.75, 3.05) is 0 Å². The van der Waals surface area contributed by atoms with Crippen molar-refractivity contribution < 1.29 is 46.2 Å². The third-order valence-electron chi connectivity index (χ3n) is 1.96. The highest BCUT2D eigenvalue weighted by molar-refractivity contribution is 7.66. The van der Waals surface area contributed by atoms with Crippen molar-refractivity contribution in [2.45, 2.75) is 0 Å². The molecule has 0 saturated heterocycles. The minimum absolute atomic E-state index is 0.105. The maximum atomic E-state index is 12.3. The van der Waals surface area contributed by atoms with Crippen LogP contribution in [0.2, 0.25) is 0 Å². The summed E-state index contributed by atoms with van der Waals surface area (Å²) in [5.74, 6) is 0. The molecular formula is C5H6N7O10P3. The van der Waals surface area contributed by atoms with E-state index in [4.69, 9.17) is 15.3 Å². The highest BCUT2D eigenvalue weighted by atomic mass is 31.3. The Kier molecular flexibility index (Phi) is 5.44. The van der Waals surface area contributed by atoms with E-state index in [1.54, 1.807) is 0 Å². The molecular weight excluding hydrogens is 411 g/mol. The van der Waals surface area contributed by atoms with Crippen LogP contribution in [0.4, 0.5) is 0 Å². The average Bonchev–Trinajstić information content (AvgIpc) is 2.85. The van der Waals surface area contributed by atoms with E-state index in [9.17, 15) is 18.6 Å². The fourth-order valence-corrected chi connectivity index (χ4v) is 4.49. The third kappa shape index (κ3) is 5.47. The molecule has 0 amide bonds.